The number of hydrogen-bond acceptors (Lipinski definition) is 14. The molecule has 0 saturated carbocycles. The maximum absolute atomic E-state index is 13.2. The summed E-state index contributed by atoms with van der Waals surface area (Å²) in [6.45, 7) is 45.9. The van der Waals surface area contributed by atoms with Crippen LogP contribution in [0.2, 0.25) is 0 Å². The fourth-order valence-electron chi connectivity index (χ4n) is 14.3. The highest BCUT2D eigenvalue weighted by molar-refractivity contribution is 6.03. The molecule has 4 unspecified atom stereocenters. The van der Waals surface area contributed by atoms with Gasteiger partial charge in [0.1, 0.15) is 6.10 Å². The van der Waals surface area contributed by atoms with Gasteiger partial charge in [-0.05, 0) is 156 Å². The molecule has 0 radical (unpaired) electrons. The van der Waals surface area contributed by atoms with Crippen molar-refractivity contribution in [3.63, 3.8) is 0 Å². The molecule has 3 fully saturated rings. The first-order chi connectivity index (χ1) is 52.8. The number of rotatable bonds is 23. The van der Waals surface area contributed by atoms with Crippen LogP contribution in [0.15, 0.2) is 259 Å². The first kappa shape index (κ1) is 91.5. The Balaban J connectivity index is 0.000000353. The molecule has 3 amide bonds. The van der Waals surface area contributed by atoms with Crippen LogP contribution in [0, 0.1) is 21.7 Å². The van der Waals surface area contributed by atoms with E-state index in [9.17, 15) is 38.7 Å². The number of aliphatic hydroxyl groups excluding tert-OH is 1. The molecule has 4 aliphatic carbocycles. The number of allylic oxidation sites excluding steroid dienone is 40. The van der Waals surface area contributed by atoms with Gasteiger partial charge in [0.2, 0.25) is 0 Å². The van der Waals surface area contributed by atoms with Crippen molar-refractivity contribution in [1.82, 2.24) is 14.7 Å². The zero-order chi connectivity index (χ0) is 82.7. The van der Waals surface area contributed by atoms with Crippen molar-refractivity contribution in [1.29, 1.82) is 0 Å². The molecule has 0 aromatic carbocycles. The van der Waals surface area contributed by atoms with Gasteiger partial charge < -0.3 is 48.2 Å². The second kappa shape index (κ2) is 43.0. The Morgan fingerprint density at radius 3 is 0.750 bits per heavy atom. The maximum atomic E-state index is 13.2. The van der Waals surface area contributed by atoms with Crippen LogP contribution in [0.25, 0.3) is 0 Å². The maximum Gasteiger partial charge on any atom is 0.410 e. The SMILES string of the molecule is CC1=C(/C=C/C(C)=C/C=C/C(C)=C/C=C/C=C(C)/C=C/C=C(C)/C=C/C2=C(C)C(=O)C(OC(=O)N3CCOCC3)CC2(C)C)C(C)(C)CC(O)C1=O.CC1=C(/C=C/C(C)=C/C=C/C(C)=C/C=C/C=C(C)/C=C/C=C(C)/C=C/C2=C(C)C(=O)C(OC(=O)N3CCOCC3)CC2(C)C)C(C)(C)CC(OC(=O)N2CCOCC2)C1=O. The molecule has 604 valence electrons. The lowest BCUT2D eigenvalue weighted by Gasteiger charge is -2.37. The number of nitrogens with zero attached hydrogens (tertiary/aromatic N) is 3. The minimum absolute atomic E-state index is 0.136. The summed E-state index contributed by atoms with van der Waals surface area (Å²) in [5.74, 6) is -0.598. The number of carbonyl (C=O) groups is 7. The molecule has 17 heteroatoms. The average Bonchev–Trinajstić information content (AvgIpc) is 0.788. The fraction of sp³-hybridized carbons (Fsp3) is 0.463. The molecule has 0 bridgehead atoms. The highest BCUT2D eigenvalue weighted by Gasteiger charge is 2.44. The Bertz CT molecular complexity index is 4060. The summed E-state index contributed by atoms with van der Waals surface area (Å²) in [6.07, 6.45) is 53.9. The van der Waals surface area contributed by atoms with Crippen LogP contribution >= 0.6 is 0 Å². The van der Waals surface area contributed by atoms with Gasteiger partial charge in [-0.15, -0.1) is 0 Å². The summed E-state index contributed by atoms with van der Waals surface area (Å²) in [5.41, 5.74) is 13.7. The Labute approximate surface area is 668 Å². The van der Waals surface area contributed by atoms with Crippen molar-refractivity contribution >= 4 is 41.4 Å². The summed E-state index contributed by atoms with van der Waals surface area (Å²) in [6, 6.07) is 0. The van der Waals surface area contributed by atoms with Crippen LogP contribution in [0.1, 0.15) is 164 Å². The zero-order valence-electron chi connectivity index (χ0n) is 70.4. The fourth-order valence-corrected chi connectivity index (χ4v) is 14.3. The van der Waals surface area contributed by atoms with Crippen LogP contribution < -0.4 is 0 Å². The predicted molar refractivity (Wildman–Crippen MR) is 450 cm³/mol. The molecule has 0 aromatic rings. The van der Waals surface area contributed by atoms with Crippen LogP contribution in [0.5, 0.6) is 0 Å². The highest BCUT2D eigenvalue weighted by Crippen LogP contribution is 2.45. The molecule has 17 nitrogen and oxygen atoms in total. The van der Waals surface area contributed by atoms with Gasteiger partial charge in [0.15, 0.2) is 41.4 Å². The number of hydrogen-bond donors (Lipinski definition) is 1. The molecule has 7 aliphatic rings. The lowest BCUT2D eigenvalue weighted by Crippen LogP contribution is -2.45. The van der Waals surface area contributed by atoms with E-state index in [0.717, 1.165) is 66.9 Å². The van der Waals surface area contributed by atoms with Gasteiger partial charge in [0.25, 0.3) is 0 Å². The van der Waals surface area contributed by atoms with Gasteiger partial charge in [-0.2, -0.15) is 0 Å². The number of aliphatic hydroxyl groups is 1. The molecular formula is C95H125N3O14. The first-order valence-corrected chi connectivity index (χ1v) is 39.3. The van der Waals surface area contributed by atoms with Crippen LogP contribution in [-0.4, -0.2) is 165 Å². The van der Waals surface area contributed by atoms with Crippen molar-refractivity contribution in [2.75, 3.05) is 78.9 Å². The average molecular weight is 1530 g/mol. The lowest BCUT2D eigenvalue weighted by molar-refractivity contribution is -0.127. The molecule has 3 heterocycles. The predicted octanol–water partition coefficient (Wildman–Crippen LogP) is 19.2. The molecule has 1 N–H and O–H groups in total. The van der Waals surface area contributed by atoms with Crippen molar-refractivity contribution in [2.24, 2.45) is 21.7 Å². The standard InChI is InChI=1S/C50H66N2O8.C45H59NO6/c1-35(17-13-19-37(3)21-23-41-39(5)45(53)43(33-49(41,7)8)59-47(55)51-25-29-57-30-26-51)15-11-12-16-36(2)18-14-20-38(4)22-24-42-40(6)46(54)44(34-50(42,9)10)60-48(56)52-27-31-58-32-28-52;1-31(17-13-19-33(3)21-23-37-35(5)41(48)39(47)29-44(37,7)8)15-11-12-16-32(2)18-14-20-34(4)22-24-38-36(6)42(49)40(30-45(38,9)10)52-43(50)46-25-27-51-28-26-46/h11-24,43-44H,25-34H2,1-10H3;11-24,39-40,47H,25-30H2,1-10H3/b12-11+,17-13+,18-14+,23-21+,24-22+,35-15+,36-16+,37-19+,38-20+;12-11+,17-13+,18-14+,23-21+,24-22+,31-15+,32-16+,33-19+,34-20+. The third kappa shape index (κ3) is 28.1. The molecule has 7 rings (SSSR count). The van der Waals surface area contributed by atoms with E-state index in [-0.39, 0.29) is 44.8 Å². The minimum Gasteiger partial charge on any atom is -0.438 e. The first-order valence-electron chi connectivity index (χ1n) is 39.3. The van der Waals surface area contributed by atoms with Gasteiger partial charge in [-0.25, -0.2) is 14.4 Å². The van der Waals surface area contributed by atoms with Crippen LogP contribution in [-0.2, 0) is 47.6 Å². The molecule has 0 spiro atoms. The lowest BCUT2D eigenvalue weighted by atomic mass is 9.71. The molecule has 0 aromatic heterocycles. The van der Waals surface area contributed by atoms with E-state index < -0.39 is 42.7 Å². The van der Waals surface area contributed by atoms with Gasteiger partial charge in [0, 0.05) is 58.5 Å². The Hall–Kier alpha value is -9.39. The summed E-state index contributed by atoms with van der Waals surface area (Å²) < 4.78 is 33.0. The van der Waals surface area contributed by atoms with E-state index in [0.29, 0.717) is 127 Å². The van der Waals surface area contributed by atoms with E-state index in [1.54, 1.807) is 21.6 Å². The smallest absolute Gasteiger partial charge is 0.410 e. The largest absolute Gasteiger partial charge is 0.438 e. The van der Waals surface area contributed by atoms with Gasteiger partial charge >= 0.3 is 18.3 Å². The van der Waals surface area contributed by atoms with Gasteiger partial charge in [-0.1, -0.05) is 270 Å². The van der Waals surface area contributed by atoms with E-state index in [4.69, 9.17) is 28.4 Å². The number of morpholine rings is 3. The van der Waals surface area contributed by atoms with Crippen molar-refractivity contribution < 1.29 is 67.1 Å². The molecule has 4 atom stereocenters. The Morgan fingerprint density at radius 2 is 0.518 bits per heavy atom. The number of ether oxygens (including phenoxy) is 6. The molecule has 112 heavy (non-hydrogen) atoms. The molecule has 3 saturated heterocycles. The zero-order valence-corrected chi connectivity index (χ0v) is 70.4. The van der Waals surface area contributed by atoms with Crippen molar-refractivity contribution in [2.45, 2.75) is 189 Å². The van der Waals surface area contributed by atoms with Crippen LogP contribution in [0.4, 0.5) is 14.4 Å². The number of carbonyl (C=O) groups excluding carboxylic acids is 7. The second-order valence-corrected chi connectivity index (χ2v) is 32.7. The topological polar surface area (TPSA) is 205 Å². The Morgan fingerprint density at radius 1 is 0.321 bits per heavy atom. The van der Waals surface area contributed by atoms with Gasteiger partial charge in [0.05, 0.1) is 39.6 Å². The summed E-state index contributed by atoms with van der Waals surface area (Å²) in [7, 11) is 0. The van der Waals surface area contributed by atoms with Crippen LogP contribution in [0.3, 0.4) is 0 Å². The summed E-state index contributed by atoms with van der Waals surface area (Å²) in [4.78, 5) is 94.7. The van der Waals surface area contributed by atoms with Gasteiger partial charge in [-0.3, -0.25) is 19.2 Å². The quantitative estimate of drug-likeness (QED) is 0.0747. The Kier molecular flexibility index (Phi) is 35.1. The second-order valence-electron chi connectivity index (χ2n) is 32.7. The third-order valence-corrected chi connectivity index (χ3v) is 21.1. The highest BCUT2D eigenvalue weighted by atomic mass is 16.6. The molecular weight excluding hydrogens is 1410 g/mol. The van der Waals surface area contributed by atoms with E-state index in [1.165, 1.54) is 0 Å². The number of ketones is 4. The van der Waals surface area contributed by atoms with E-state index in [1.807, 2.05) is 203 Å². The third-order valence-electron chi connectivity index (χ3n) is 21.1. The monoisotopic (exact) mass is 1530 g/mol. The number of Topliss-reactive ketones (excluding diaryl/α,β-unsaturated/α-hetero) is 4. The summed E-state index contributed by atoms with van der Waals surface area (Å²) >= 11 is 0. The number of amides is 3. The van der Waals surface area contributed by atoms with Crippen molar-refractivity contribution in [3.05, 3.63) is 259 Å². The minimum atomic E-state index is -0.914. The van der Waals surface area contributed by atoms with E-state index in [2.05, 4.69) is 98.8 Å². The summed E-state index contributed by atoms with van der Waals surface area (Å²) in [5, 5.41) is 10.1. The normalized spacial score (nSPS) is 24.1. The molecule has 3 aliphatic heterocycles. The van der Waals surface area contributed by atoms with E-state index >= 15 is 0 Å². The van der Waals surface area contributed by atoms with Crippen molar-refractivity contribution in [3.8, 4) is 0 Å².